The molecule has 0 bridgehead atoms. The van der Waals surface area contributed by atoms with E-state index in [4.69, 9.17) is 0 Å². The van der Waals surface area contributed by atoms with Crippen molar-refractivity contribution in [2.45, 2.75) is 0 Å². The van der Waals surface area contributed by atoms with Gasteiger partial charge in [0.05, 0.1) is 11.4 Å². The first-order valence-corrected chi connectivity index (χ1v) is 8.60. The van der Waals surface area contributed by atoms with Crippen LogP contribution in [0.1, 0.15) is 0 Å². The summed E-state index contributed by atoms with van der Waals surface area (Å²) in [5, 5.41) is 8.97. The summed E-state index contributed by atoms with van der Waals surface area (Å²) in [6.45, 7) is 0. The Balaban J connectivity index is 2.07. The third-order valence-electron chi connectivity index (χ3n) is 4.20. The predicted octanol–water partition coefficient (Wildman–Crippen LogP) is 5.90. The second kappa shape index (κ2) is 7.83. The molecular weight excluding hydrogens is 320 g/mol. The Bertz CT molecular complexity index is 899. The molecule has 0 aromatic heterocycles. The number of hydrogen-bond donors (Lipinski definition) is 0. The average Bonchev–Trinajstić information content (AvgIpc) is 2.67. The first-order valence-electron chi connectivity index (χ1n) is 8.60. The van der Waals surface area contributed by atoms with Crippen LogP contribution in [0.2, 0.25) is 0 Å². The van der Waals surface area contributed by atoms with E-state index in [9.17, 15) is 0 Å². The lowest BCUT2D eigenvalue weighted by Gasteiger charge is -2.16. The molecule has 0 aliphatic rings. The molecule has 0 fully saturated rings. The van der Waals surface area contributed by atoms with Gasteiger partial charge in [0.2, 0.25) is 0 Å². The van der Waals surface area contributed by atoms with E-state index in [1.54, 1.807) is 0 Å². The van der Waals surface area contributed by atoms with E-state index in [0.717, 1.165) is 33.9 Å². The third kappa shape index (κ3) is 4.09. The van der Waals surface area contributed by atoms with Gasteiger partial charge < -0.3 is 9.80 Å². The van der Waals surface area contributed by atoms with Crippen molar-refractivity contribution < 1.29 is 0 Å². The summed E-state index contributed by atoms with van der Waals surface area (Å²) < 4.78 is 0. The first-order chi connectivity index (χ1) is 12.5. The summed E-state index contributed by atoms with van der Waals surface area (Å²) in [6.07, 6.45) is 0. The van der Waals surface area contributed by atoms with Crippen LogP contribution in [-0.4, -0.2) is 28.2 Å². The molecule has 4 heteroatoms. The molecule has 0 aliphatic heterocycles. The highest BCUT2D eigenvalue weighted by Crippen LogP contribution is 2.36. The second-order valence-electron chi connectivity index (χ2n) is 6.58. The van der Waals surface area contributed by atoms with E-state index < -0.39 is 0 Å². The Hall–Kier alpha value is -3.14. The molecule has 0 saturated heterocycles. The lowest BCUT2D eigenvalue weighted by molar-refractivity contribution is 1.12. The maximum absolute atomic E-state index is 4.56. The van der Waals surface area contributed by atoms with Gasteiger partial charge >= 0.3 is 0 Å². The van der Waals surface area contributed by atoms with Crippen molar-refractivity contribution in [3.8, 4) is 11.1 Å². The van der Waals surface area contributed by atoms with Crippen molar-refractivity contribution in [1.29, 1.82) is 0 Å². The number of rotatable bonds is 5. The topological polar surface area (TPSA) is 31.2 Å². The largest absolute Gasteiger partial charge is 0.378 e. The molecule has 3 rings (SSSR count). The first kappa shape index (κ1) is 17.7. The molecule has 0 N–H and O–H groups in total. The molecule has 0 atom stereocenters. The molecule has 0 unspecified atom stereocenters. The van der Waals surface area contributed by atoms with Crippen LogP contribution < -0.4 is 9.80 Å². The fourth-order valence-corrected chi connectivity index (χ4v) is 2.68. The fourth-order valence-electron chi connectivity index (χ4n) is 2.68. The lowest BCUT2D eigenvalue weighted by Crippen LogP contribution is -2.08. The van der Waals surface area contributed by atoms with Gasteiger partial charge in [0.15, 0.2) is 0 Å². The molecule has 4 nitrogen and oxygen atoms in total. The molecule has 0 saturated carbocycles. The number of nitrogens with zero attached hydrogens (tertiary/aromatic N) is 4. The standard InChI is InChI=1S/C22H24N4/c1-25(2)19-12-8-9-17(15-19)21-14-13-20(26(3)4)16-22(21)24-23-18-10-6-5-7-11-18/h5-16H,1-4H3. The van der Waals surface area contributed by atoms with Crippen molar-refractivity contribution in [2.75, 3.05) is 38.0 Å². The SMILES string of the molecule is CN(C)c1cccc(-c2ccc(N(C)C)cc2N=Nc2ccccc2)c1. The van der Waals surface area contributed by atoms with Gasteiger partial charge in [-0.15, -0.1) is 5.11 Å². The Morgan fingerprint density at radius 2 is 1.31 bits per heavy atom. The van der Waals surface area contributed by atoms with Gasteiger partial charge in [0.25, 0.3) is 0 Å². The van der Waals surface area contributed by atoms with Crippen molar-refractivity contribution >= 4 is 22.7 Å². The van der Waals surface area contributed by atoms with Gasteiger partial charge in [0.1, 0.15) is 0 Å². The molecule has 26 heavy (non-hydrogen) atoms. The van der Waals surface area contributed by atoms with Crippen LogP contribution in [0.25, 0.3) is 11.1 Å². The van der Waals surface area contributed by atoms with E-state index in [2.05, 4.69) is 62.5 Å². The molecule has 132 valence electrons. The Morgan fingerprint density at radius 1 is 0.615 bits per heavy atom. The third-order valence-corrected chi connectivity index (χ3v) is 4.20. The molecule has 0 radical (unpaired) electrons. The van der Waals surface area contributed by atoms with Gasteiger partial charge in [-0.1, -0.05) is 36.4 Å². The fraction of sp³-hybridized carbons (Fsp3) is 0.182. The second-order valence-corrected chi connectivity index (χ2v) is 6.58. The van der Waals surface area contributed by atoms with Crippen molar-refractivity contribution in [1.82, 2.24) is 0 Å². The quantitative estimate of drug-likeness (QED) is 0.539. The van der Waals surface area contributed by atoms with Gasteiger partial charge in [-0.25, -0.2) is 0 Å². The zero-order valence-corrected chi connectivity index (χ0v) is 15.7. The van der Waals surface area contributed by atoms with Crippen LogP contribution in [0, 0.1) is 0 Å². The molecule has 0 aliphatic carbocycles. The summed E-state index contributed by atoms with van der Waals surface area (Å²) >= 11 is 0. The summed E-state index contributed by atoms with van der Waals surface area (Å²) in [7, 11) is 8.15. The zero-order valence-electron chi connectivity index (χ0n) is 15.7. The maximum atomic E-state index is 4.56. The normalized spacial score (nSPS) is 10.9. The van der Waals surface area contributed by atoms with Crippen molar-refractivity contribution in [3.05, 3.63) is 72.8 Å². The van der Waals surface area contributed by atoms with Crippen molar-refractivity contribution in [2.24, 2.45) is 10.2 Å². The molecule has 0 amide bonds. The van der Waals surface area contributed by atoms with Gasteiger partial charge in [-0.05, 0) is 42.0 Å². The predicted molar refractivity (Wildman–Crippen MR) is 111 cm³/mol. The van der Waals surface area contributed by atoms with Crippen LogP contribution in [0.5, 0.6) is 0 Å². The van der Waals surface area contributed by atoms with Crippen LogP contribution in [0.4, 0.5) is 22.7 Å². The smallest absolute Gasteiger partial charge is 0.0955 e. The minimum atomic E-state index is 0.843. The molecular formula is C22H24N4. The number of anilines is 2. The van der Waals surface area contributed by atoms with Crippen LogP contribution in [0.15, 0.2) is 83.0 Å². The van der Waals surface area contributed by atoms with E-state index in [1.165, 1.54) is 0 Å². The average molecular weight is 344 g/mol. The van der Waals surface area contributed by atoms with E-state index >= 15 is 0 Å². The van der Waals surface area contributed by atoms with Crippen LogP contribution in [-0.2, 0) is 0 Å². The highest BCUT2D eigenvalue weighted by Gasteiger charge is 2.09. The van der Waals surface area contributed by atoms with Crippen molar-refractivity contribution in [3.63, 3.8) is 0 Å². The summed E-state index contributed by atoms with van der Waals surface area (Å²) in [4.78, 5) is 4.17. The molecule has 3 aromatic rings. The number of benzene rings is 3. The molecule has 0 heterocycles. The molecule has 3 aromatic carbocycles. The Labute approximate surface area is 155 Å². The van der Waals surface area contributed by atoms with Crippen LogP contribution >= 0.6 is 0 Å². The van der Waals surface area contributed by atoms with Gasteiger partial charge in [-0.3, -0.25) is 0 Å². The zero-order chi connectivity index (χ0) is 18.5. The lowest BCUT2D eigenvalue weighted by atomic mass is 10.0. The highest BCUT2D eigenvalue weighted by atomic mass is 15.1. The Morgan fingerprint density at radius 3 is 2.00 bits per heavy atom. The van der Waals surface area contributed by atoms with Crippen LogP contribution in [0.3, 0.4) is 0 Å². The number of azo groups is 1. The summed E-state index contributed by atoms with van der Waals surface area (Å²) in [5.74, 6) is 0. The number of hydrogen-bond acceptors (Lipinski definition) is 4. The highest BCUT2D eigenvalue weighted by molar-refractivity contribution is 5.80. The minimum Gasteiger partial charge on any atom is -0.378 e. The Kier molecular flexibility index (Phi) is 5.32. The van der Waals surface area contributed by atoms with E-state index in [-0.39, 0.29) is 0 Å². The monoisotopic (exact) mass is 344 g/mol. The summed E-state index contributed by atoms with van der Waals surface area (Å²) in [5.41, 5.74) is 6.15. The summed E-state index contributed by atoms with van der Waals surface area (Å²) in [6, 6.07) is 24.6. The minimum absolute atomic E-state index is 0.843. The molecule has 0 spiro atoms. The maximum Gasteiger partial charge on any atom is 0.0955 e. The van der Waals surface area contributed by atoms with Gasteiger partial charge in [0, 0.05) is 45.1 Å². The van der Waals surface area contributed by atoms with E-state index in [0.29, 0.717) is 0 Å². The van der Waals surface area contributed by atoms with E-state index in [1.807, 2.05) is 58.5 Å². The van der Waals surface area contributed by atoms with Gasteiger partial charge in [-0.2, -0.15) is 5.11 Å².